The van der Waals surface area contributed by atoms with E-state index >= 15 is 0 Å². The number of nitrogens with zero attached hydrogens (tertiary/aromatic N) is 4. The summed E-state index contributed by atoms with van der Waals surface area (Å²) < 4.78 is 1.99. The molecule has 2 aliphatic heterocycles. The summed E-state index contributed by atoms with van der Waals surface area (Å²) in [6, 6.07) is 40.1. The van der Waals surface area contributed by atoms with Gasteiger partial charge in [-0.1, -0.05) is 53.6 Å². The van der Waals surface area contributed by atoms with Crippen molar-refractivity contribution in [3.8, 4) is 39.2 Å². The van der Waals surface area contributed by atoms with E-state index in [9.17, 15) is 0 Å². The number of para-hydroxylation sites is 2. The van der Waals surface area contributed by atoms with Crippen LogP contribution in [0.3, 0.4) is 0 Å². The second-order valence-electron chi connectivity index (χ2n) is 10.7. The molecule has 2 aromatic heterocycles. The first-order valence-electron chi connectivity index (χ1n) is 13.6. The molecule has 4 nitrogen and oxygen atoms in total. The number of hydrogen-bond acceptors (Lipinski definition) is 3. The van der Waals surface area contributed by atoms with Crippen LogP contribution in [0.4, 0.5) is 11.4 Å². The fourth-order valence-electron chi connectivity index (χ4n) is 6.37. The molecule has 0 radical (unpaired) electrons. The molecule has 198 valence electrons. The van der Waals surface area contributed by atoms with Crippen LogP contribution in [0.25, 0.3) is 39.2 Å². The standard InChI is InChI=1S/C35H25BN4.Pd/c1-22-16-17-37-33(18-22)25-12-14-27-29-8-4-6-10-34(29)39-35-11-7-5-9-30(35)28-15-13-26(40-24(3)19-23(2)38-40)21-32(28)36(39)31(27)20-25;/h4-19H,1-3H3;/q-2;+2. The molecule has 0 atom stereocenters. The van der Waals surface area contributed by atoms with E-state index in [2.05, 4.69) is 121 Å². The SMILES string of the molecule is Cc1ccnc(-c2[c-]c3c(cc2)-c2ccccc2N2B3c3[c-]c(-n4nc(C)cc4C)ccc3-c3ccccc32)c1.[Pd+2]. The van der Waals surface area contributed by atoms with Gasteiger partial charge >= 0.3 is 20.4 Å². The largest absolute Gasteiger partial charge is 2.00 e. The third kappa shape index (κ3) is 3.94. The van der Waals surface area contributed by atoms with E-state index in [1.54, 1.807) is 0 Å². The van der Waals surface area contributed by atoms with Crippen LogP contribution < -0.4 is 15.7 Å². The van der Waals surface area contributed by atoms with Crippen LogP contribution in [-0.2, 0) is 20.4 Å². The number of anilines is 2. The Hall–Kier alpha value is -4.23. The molecule has 0 bridgehead atoms. The number of pyridine rings is 1. The fraction of sp³-hybridized carbons (Fsp3) is 0.0857. The van der Waals surface area contributed by atoms with E-state index in [4.69, 9.17) is 5.10 Å². The van der Waals surface area contributed by atoms with Crippen molar-refractivity contribution in [1.29, 1.82) is 0 Å². The van der Waals surface area contributed by atoms with Crippen molar-refractivity contribution < 1.29 is 20.4 Å². The topological polar surface area (TPSA) is 34.0 Å². The Bertz CT molecular complexity index is 1980. The van der Waals surface area contributed by atoms with Crippen LogP contribution in [0.5, 0.6) is 0 Å². The summed E-state index contributed by atoms with van der Waals surface area (Å²) in [6.45, 7) is 6.13. The van der Waals surface area contributed by atoms with Gasteiger partial charge in [0.15, 0.2) is 0 Å². The maximum atomic E-state index is 4.78. The van der Waals surface area contributed by atoms with Gasteiger partial charge in [0.25, 0.3) is 6.85 Å². The summed E-state index contributed by atoms with van der Waals surface area (Å²) in [7, 11) is 0. The first kappa shape index (κ1) is 25.7. The maximum absolute atomic E-state index is 4.78. The van der Waals surface area contributed by atoms with E-state index in [-0.39, 0.29) is 27.3 Å². The molecular formula is C35H25BN4Pd. The number of fused-ring (bicyclic) bond motifs is 11. The molecular weight excluding hydrogens is 594 g/mol. The molecule has 4 heterocycles. The first-order valence-corrected chi connectivity index (χ1v) is 13.6. The molecule has 2 aliphatic rings. The third-order valence-corrected chi connectivity index (χ3v) is 8.08. The number of aryl methyl sites for hydroxylation is 3. The second kappa shape index (κ2) is 9.70. The fourth-order valence-corrected chi connectivity index (χ4v) is 6.37. The summed E-state index contributed by atoms with van der Waals surface area (Å²) in [5, 5.41) is 4.78. The Morgan fingerprint density at radius 2 is 1.34 bits per heavy atom. The van der Waals surface area contributed by atoms with Crippen molar-refractivity contribution >= 4 is 29.1 Å². The average Bonchev–Trinajstić information content (AvgIpc) is 3.33. The van der Waals surface area contributed by atoms with Gasteiger partial charge < -0.3 is 9.79 Å². The predicted molar refractivity (Wildman–Crippen MR) is 163 cm³/mol. The van der Waals surface area contributed by atoms with Crippen LogP contribution in [-0.4, -0.2) is 21.6 Å². The van der Waals surface area contributed by atoms with E-state index < -0.39 is 0 Å². The summed E-state index contributed by atoms with van der Waals surface area (Å²) in [5.41, 5.74) is 15.6. The maximum Gasteiger partial charge on any atom is 2.00 e. The molecule has 0 N–H and O–H groups in total. The Kier molecular flexibility index (Phi) is 6.08. The van der Waals surface area contributed by atoms with Gasteiger partial charge in [-0.25, -0.2) is 0 Å². The minimum atomic E-state index is -0.100. The van der Waals surface area contributed by atoms with Crippen molar-refractivity contribution in [1.82, 2.24) is 14.8 Å². The zero-order valence-electron chi connectivity index (χ0n) is 22.9. The normalized spacial score (nSPS) is 12.5. The number of hydrogen-bond donors (Lipinski definition) is 0. The van der Waals surface area contributed by atoms with Gasteiger partial charge in [-0.15, -0.1) is 46.4 Å². The second-order valence-corrected chi connectivity index (χ2v) is 10.7. The van der Waals surface area contributed by atoms with Crippen LogP contribution in [0.2, 0.25) is 0 Å². The monoisotopic (exact) mass is 618 g/mol. The van der Waals surface area contributed by atoms with E-state index in [1.165, 1.54) is 39.2 Å². The Morgan fingerprint density at radius 3 is 2.00 bits per heavy atom. The van der Waals surface area contributed by atoms with E-state index in [0.29, 0.717) is 0 Å². The molecule has 0 spiro atoms. The van der Waals surface area contributed by atoms with Crippen LogP contribution in [0.1, 0.15) is 17.0 Å². The number of benzene rings is 4. The van der Waals surface area contributed by atoms with Crippen LogP contribution in [0.15, 0.2) is 97.2 Å². The molecule has 8 rings (SSSR count). The molecule has 0 saturated carbocycles. The Balaban J connectivity index is 0.00000276. The van der Waals surface area contributed by atoms with Gasteiger partial charge in [-0.2, -0.15) is 22.7 Å². The van der Waals surface area contributed by atoms with Crippen molar-refractivity contribution in [2.45, 2.75) is 20.8 Å². The minimum absolute atomic E-state index is 0. The smallest absolute Gasteiger partial charge is 0.381 e. The van der Waals surface area contributed by atoms with E-state index in [1.807, 2.05) is 23.9 Å². The molecule has 6 heteroatoms. The molecule has 0 fully saturated rings. The van der Waals surface area contributed by atoms with Gasteiger partial charge in [0.1, 0.15) is 0 Å². The Morgan fingerprint density at radius 1 is 0.683 bits per heavy atom. The minimum Gasteiger partial charge on any atom is -0.381 e. The van der Waals surface area contributed by atoms with Crippen molar-refractivity contribution in [2.75, 3.05) is 4.81 Å². The summed E-state index contributed by atoms with van der Waals surface area (Å²) in [6.07, 6.45) is 1.88. The average molecular weight is 619 g/mol. The van der Waals surface area contributed by atoms with Crippen LogP contribution in [0, 0.1) is 32.9 Å². The molecule has 0 saturated heterocycles. The number of rotatable bonds is 2. The van der Waals surface area contributed by atoms with Crippen molar-refractivity contribution in [3.05, 3.63) is 126 Å². The summed E-state index contributed by atoms with van der Waals surface area (Å²) in [5.74, 6) is 0. The summed E-state index contributed by atoms with van der Waals surface area (Å²) >= 11 is 0. The zero-order chi connectivity index (χ0) is 27.0. The van der Waals surface area contributed by atoms with Crippen LogP contribution >= 0.6 is 0 Å². The van der Waals surface area contributed by atoms with Gasteiger partial charge in [0.2, 0.25) is 0 Å². The Labute approximate surface area is 254 Å². The molecule has 6 aromatic rings. The van der Waals surface area contributed by atoms with Gasteiger partial charge in [-0.05, 0) is 62.0 Å². The number of aromatic nitrogens is 3. The molecule has 0 amide bonds. The summed E-state index contributed by atoms with van der Waals surface area (Å²) in [4.78, 5) is 7.16. The molecule has 0 aliphatic carbocycles. The molecule has 0 unspecified atom stereocenters. The first-order chi connectivity index (χ1) is 19.6. The van der Waals surface area contributed by atoms with E-state index in [0.717, 1.165) is 39.3 Å². The zero-order valence-corrected chi connectivity index (χ0v) is 24.5. The van der Waals surface area contributed by atoms with Crippen molar-refractivity contribution in [2.24, 2.45) is 0 Å². The van der Waals surface area contributed by atoms with Crippen molar-refractivity contribution in [3.63, 3.8) is 0 Å². The molecule has 4 aromatic carbocycles. The van der Waals surface area contributed by atoms with Gasteiger partial charge in [0.05, 0.1) is 5.69 Å². The molecule has 41 heavy (non-hydrogen) atoms. The van der Waals surface area contributed by atoms with Gasteiger partial charge in [0, 0.05) is 23.3 Å². The predicted octanol–water partition coefficient (Wildman–Crippen LogP) is 6.36. The quantitative estimate of drug-likeness (QED) is 0.167. The third-order valence-electron chi connectivity index (χ3n) is 8.08. The van der Waals surface area contributed by atoms with Gasteiger partial charge in [-0.3, -0.25) is 4.68 Å².